The number of fused-ring (bicyclic) bond motifs is 3. The fraction of sp³-hybridized carbons (Fsp3) is 0.200. The van der Waals surface area contributed by atoms with Gasteiger partial charge in [-0.2, -0.15) is 0 Å². The zero-order valence-corrected chi connectivity index (χ0v) is 19.7. The van der Waals surface area contributed by atoms with Gasteiger partial charge in [0.1, 0.15) is 5.25 Å². The van der Waals surface area contributed by atoms with Crippen molar-refractivity contribution in [3.63, 3.8) is 0 Å². The summed E-state index contributed by atoms with van der Waals surface area (Å²) in [4.78, 5) is 0. The van der Waals surface area contributed by atoms with Crippen LogP contribution in [0.3, 0.4) is 0 Å². The number of benzene rings is 3. The molecule has 0 unspecified atom stereocenters. The predicted octanol–water partition coefficient (Wildman–Crippen LogP) is 3.98. The van der Waals surface area contributed by atoms with E-state index in [9.17, 15) is 8.42 Å². The Morgan fingerprint density at radius 3 is 1.94 bits per heavy atom. The Morgan fingerprint density at radius 1 is 0.853 bits per heavy atom. The Labute approximate surface area is 197 Å². The lowest BCUT2D eigenvalue weighted by Gasteiger charge is -2.14. The molecule has 3 aromatic carbocycles. The first-order valence-electron chi connectivity index (χ1n) is 10.6. The molecular formula is C25H23N3O5S. The maximum Gasteiger partial charge on any atom is 0.203 e. The topological polar surface area (TPSA) is 92.5 Å². The third kappa shape index (κ3) is 3.58. The van der Waals surface area contributed by atoms with Crippen LogP contribution < -0.4 is 14.2 Å². The Bertz CT molecular complexity index is 1410. The Balaban J connectivity index is 1.49. The van der Waals surface area contributed by atoms with Crippen LogP contribution in [0.15, 0.2) is 66.9 Å². The molecule has 0 saturated carbocycles. The van der Waals surface area contributed by atoms with Gasteiger partial charge in [-0.3, -0.25) is 0 Å². The van der Waals surface area contributed by atoms with Crippen LogP contribution >= 0.6 is 0 Å². The van der Waals surface area contributed by atoms with Crippen molar-refractivity contribution in [2.75, 3.05) is 21.3 Å². The van der Waals surface area contributed by atoms with Gasteiger partial charge in [-0.1, -0.05) is 53.7 Å². The molecule has 0 aliphatic heterocycles. The van der Waals surface area contributed by atoms with Gasteiger partial charge >= 0.3 is 0 Å². The molecule has 9 heteroatoms. The van der Waals surface area contributed by atoms with Crippen molar-refractivity contribution in [3.8, 4) is 34.1 Å². The van der Waals surface area contributed by atoms with E-state index >= 15 is 0 Å². The molecular weight excluding hydrogens is 454 g/mol. The smallest absolute Gasteiger partial charge is 0.203 e. The van der Waals surface area contributed by atoms with Crippen LogP contribution in [0.25, 0.3) is 16.8 Å². The average Bonchev–Trinajstić information content (AvgIpc) is 3.45. The zero-order chi connectivity index (χ0) is 23.9. The Morgan fingerprint density at radius 2 is 1.41 bits per heavy atom. The van der Waals surface area contributed by atoms with Gasteiger partial charge in [0.05, 0.1) is 44.7 Å². The summed E-state index contributed by atoms with van der Waals surface area (Å²) in [6, 6.07) is 18.7. The quantitative estimate of drug-likeness (QED) is 0.398. The number of sulfone groups is 1. The minimum absolute atomic E-state index is 0.245. The summed E-state index contributed by atoms with van der Waals surface area (Å²) in [5.74, 6) is 1.13. The second-order valence-electron chi connectivity index (χ2n) is 7.90. The van der Waals surface area contributed by atoms with Crippen LogP contribution in [-0.4, -0.2) is 44.7 Å². The largest absolute Gasteiger partial charge is 0.493 e. The number of rotatable bonds is 7. The SMILES string of the molecule is COc1cc(-n2cc(CS(=O)(=O)C3c4ccccc4-c4ccccc43)nn2)cc(OC)c1OC. The molecule has 4 aromatic rings. The lowest BCUT2D eigenvalue weighted by Crippen LogP contribution is -2.15. The number of methoxy groups -OCH3 is 3. The Kier molecular flexibility index (Phi) is 5.49. The van der Waals surface area contributed by atoms with Crippen molar-refractivity contribution in [2.24, 2.45) is 0 Å². The summed E-state index contributed by atoms with van der Waals surface area (Å²) < 4.78 is 44.9. The van der Waals surface area contributed by atoms with Gasteiger partial charge in [0.15, 0.2) is 21.3 Å². The highest BCUT2D eigenvalue weighted by Crippen LogP contribution is 2.48. The minimum atomic E-state index is -3.63. The van der Waals surface area contributed by atoms with Crippen molar-refractivity contribution in [1.82, 2.24) is 15.0 Å². The summed E-state index contributed by atoms with van der Waals surface area (Å²) >= 11 is 0. The van der Waals surface area contributed by atoms with E-state index < -0.39 is 15.1 Å². The summed E-state index contributed by atoms with van der Waals surface area (Å²) in [7, 11) is 0.946. The number of nitrogens with zero attached hydrogens (tertiary/aromatic N) is 3. The van der Waals surface area contributed by atoms with E-state index in [0.29, 0.717) is 28.6 Å². The van der Waals surface area contributed by atoms with Crippen LogP contribution in [0.4, 0.5) is 0 Å². The first kappa shape index (κ1) is 22.0. The molecule has 1 heterocycles. The first-order chi connectivity index (χ1) is 16.5. The van der Waals surface area contributed by atoms with E-state index in [1.807, 2.05) is 48.5 Å². The molecule has 5 rings (SSSR count). The molecule has 34 heavy (non-hydrogen) atoms. The highest BCUT2D eigenvalue weighted by molar-refractivity contribution is 7.91. The van der Waals surface area contributed by atoms with Gasteiger partial charge in [0.2, 0.25) is 5.75 Å². The van der Waals surface area contributed by atoms with Crippen molar-refractivity contribution < 1.29 is 22.6 Å². The molecule has 0 spiro atoms. The third-order valence-corrected chi connectivity index (χ3v) is 7.86. The molecule has 0 atom stereocenters. The number of aromatic nitrogens is 3. The molecule has 0 radical (unpaired) electrons. The predicted molar refractivity (Wildman–Crippen MR) is 127 cm³/mol. The fourth-order valence-corrected chi connectivity index (χ4v) is 6.37. The first-order valence-corrected chi connectivity index (χ1v) is 12.3. The number of hydrogen-bond acceptors (Lipinski definition) is 7. The van der Waals surface area contributed by atoms with Gasteiger partial charge < -0.3 is 14.2 Å². The number of hydrogen-bond donors (Lipinski definition) is 0. The normalized spacial score (nSPS) is 12.8. The monoisotopic (exact) mass is 477 g/mol. The Hall–Kier alpha value is -3.85. The highest BCUT2D eigenvalue weighted by atomic mass is 32.2. The standard InChI is InChI=1S/C25H23N3O5S/c1-31-22-12-17(13-23(32-2)24(22)33-3)28-14-16(26-27-28)15-34(29,30)25-20-10-6-4-8-18(20)19-9-5-7-11-21(19)25/h4-14,25H,15H2,1-3H3. The second-order valence-corrected chi connectivity index (χ2v) is 9.99. The van der Waals surface area contributed by atoms with Gasteiger partial charge in [-0.25, -0.2) is 13.1 Å². The van der Waals surface area contributed by atoms with Crippen LogP contribution in [-0.2, 0) is 15.6 Å². The van der Waals surface area contributed by atoms with E-state index in [1.165, 1.54) is 26.0 Å². The van der Waals surface area contributed by atoms with Gasteiger partial charge in [-0.05, 0) is 22.3 Å². The van der Waals surface area contributed by atoms with E-state index in [2.05, 4.69) is 10.3 Å². The lowest BCUT2D eigenvalue weighted by molar-refractivity contribution is 0.324. The molecule has 8 nitrogen and oxygen atoms in total. The maximum atomic E-state index is 13.6. The minimum Gasteiger partial charge on any atom is -0.493 e. The highest BCUT2D eigenvalue weighted by Gasteiger charge is 2.38. The van der Waals surface area contributed by atoms with E-state index in [-0.39, 0.29) is 5.75 Å². The van der Waals surface area contributed by atoms with E-state index in [1.54, 1.807) is 18.3 Å². The van der Waals surface area contributed by atoms with E-state index in [4.69, 9.17) is 14.2 Å². The van der Waals surface area contributed by atoms with Gasteiger partial charge in [0.25, 0.3) is 0 Å². The summed E-state index contributed by atoms with van der Waals surface area (Å²) in [5, 5.41) is 7.53. The van der Waals surface area contributed by atoms with Crippen molar-refractivity contribution in [2.45, 2.75) is 11.0 Å². The third-order valence-electron chi connectivity index (χ3n) is 5.94. The molecule has 0 bridgehead atoms. The van der Waals surface area contributed by atoms with E-state index in [0.717, 1.165) is 22.3 Å². The summed E-state index contributed by atoms with van der Waals surface area (Å²) in [5.41, 5.74) is 4.43. The van der Waals surface area contributed by atoms with Gasteiger partial charge in [-0.15, -0.1) is 5.10 Å². The van der Waals surface area contributed by atoms with Crippen molar-refractivity contribution in [3.05, 3.63) is 83.7 Å². The van der Waals surface area contributed by atoms with Crippen molar-refractivity contribution >= 4 is 9.84 Å². The zero-order valence-electron chi connectivity index (χ0n) is 18.9. The van der Waals surface area contributed by atoms with Crippen LogP contribution in [0.1, 0.15) is 22.1 Å². The molecule has 0 N–H and O–H groups in total. The van der Waals surface area contributed by atoms with Crippen molar-refractivity contribution in [1.29, 1.82) is 0 Å². The summed E-state index contributed by atoms with van der Waals surface area (Å²) in [6.07, 6.45) is 1.60. The fourth-order valence-electron chi connectivity index (χ4n) is 4.48. The average molecular weight is 478 g/mol. The molecule has 0 saturated heterocycles. The molecule has 0 fully saturated rings. The molecule has 1 aliphatic rings. The van der Waals surface area contributed by atoms with Crippen LogP contribution in [0, 0.1) is 0 Å². The maximum absolute atomic E-state index is 13.6. The molecule has 0 amide bonds. The van der Waals surface area contributed by atoms with Crippen LogP contribution in [0.5, 0.6) is 17.2 Å². The number of ether oxygens (including phenoxy) is 3. The second kappa shape index (κ2) is 8.49. The van der Waals surface area contributed by atoms with Gasteiger partial charge in [0, 0.05) is 12.1 Å². The summed E-state index contributed by atoms with van der Waals surface area (Å²) in [6.45, 7) is 0. The molecule has 1 aromatic heterocycles. The van der Waals surface area contributed by atoms with Crippen LogP contribution in [0.2, 0.25) is 0 Å². The molecule has 174 valence electrons. The molecule has 1 aliphatic carbocycles. The lowest BCUT2D eigenvalue weighted by atomic mass is 10.1.